The first kappa shape index (κ1) is 19.8. The zero-order chi connectivity index (χ0) is 19.3. The maximum Gasteiger partial charge on any atom is 0.340 e. The smallest absolute Gasteiger partial charge is 0.340 e. The largest absolute Gasteiger partial charge is 0.465 e. The first-order valence-electron chi connectivity index (χ1n) is 8.31. The number of pyridine rings is 1. The van der Waals surface area contributed by atoms with Gasteiger partial charge in [-0.3, -0.25) is 0 Å². The monoisotopic (exact) mass is 362 g/mol. The van der Waals surface area contributed by atoms with Gasteiger partial charge in [-0.05, 0) is 23.6 Å². The lowest BCUT2D eigenvalue weighted by molar-refractivity contribution is 0.0599. The van der Waals surface area contributed by atoms with Gasteiger partial charge in [-0.2, -0.15) is 0 Å². The van der Waals surface area contributed by atoms with Crippen molar-refractivity contribution >= 4 is 11.8 Å². The zero-order valence-corrected chi connectivity index (χ0v) is 15.0. The highest BCUT2D eigenvalue weighted by Crippen LogP contribution is 2.36. The van der Waals surface area contributed by atoms with E-state index in [1.807, 2.05) is 13.8 Å². The molecule has 0 aliphatic heterocycles. The Morgan fingerprint density at radius 2 is 1.92 bits per heavy atom. The number of nitrogens with one attached hydrogen (secondary N) is 1. The van der Waals surface area contributed by atoms with Crippen LogP contribution >= 0.6 is 0 Å². The highest BCUT2D eigenvalue weighted by molar-refractivity contribution is 6.00. The predicted octanol–water partition coefficient (Wildman–Crippen LogP) is 2.69. The van der Waals surface area contributed by atoms with Crippen LogP contribution in [-0.4, -0.2) is 41.4 Å². The number of anilines is 1. The molecule has 1 heterocycles. The Balaban J connectivity index is 2.86. The summed E-state index contributed by atoms with van der Waals surface area (Å²) in [4.78, 5) is 17.0. The number of carbonyl (C=O) groups excluding carboxylic acids is 1. The Kier molecular flexibility index (Phi) is 6.65. The van der Waals surface area contributed by atoms with Crippen molar-refractivity contribution in [2.45, 2.75) is 26.4 Å². The molecule has 140 valence electrons. The highest BCUT2D eigenvalue weighted by Gasteiger charge is 2.27. The van der Waals surface area contributed by atoms with Gasteiger partial charge in [0.05, 0.1) is 31.6 Å². The van der Waals surface area contributed by atoms with Crippen LogP contribution in [0.1, 0.15) is 41.4 Å². The molecule has 0 saturated heterocycles. The number of aliphatic hydroxyl groups is 2. The summed E-state index contributed by atoms with van der Waals surface area (Å²) in [5.41, 5.74) is 2.13. The Morgan fingerprint density at radius 3 is 2.42 bits per heavy atom. The number of hydrogen-bond acceptors (Lipinski definition) is 6. The Morgan fingerprint density at radius 1 is 1.27 bits per heavy atom. The van der Waals surface area contributed by atoms with Crippen molar-refractivity contribution in [1.82, 2.24) is 4.98 Å². The molecule has 0 fully saturated rings. The summed E-state index contributed by atoms with van der Waals surface area (Å²) in [7, 11) is 1.28. The number of aromatic nitrogens is 1. The Bertz CT molecular complexity index is 776. The van der Waals surface area contributed by atoms with E-state index in [9.17, 15) is 14.3 Å². The number of halogens is 1. The lowest BCUT2D eigenvalue weighted by Gasteiger charge is -2.21. The molecule has 2 rings (SSSR count). The number of ether oxygens (including phenoxy) is 1. The summed E-state index contributed by atoms with van der Waals surface area (Å²) < 4.78 is 18.3. The van der Waals surface area contributed by atoms with Crippen molar-refractivity contribution in [2.75, 3.05) is 25.6 Å². The SMILES string of the molecule is COC(=O)c1c(C(C)C)nc(NCCO)c(CO)c1-c1ccc(F)cc1. The summed E-state index contributed by atoms with van der Waals surface area (Å²) in [5.74, 6) is -0.720. The molecule has 3 N–H and O–H groups in total. The quantitative estimate of drug-likeness (QED) is 0.656. The number of esters is 1. The van der Waals surface area contributed by atoms with Crippen LogP contribution in [0.15, 0.2) is 24.3 Å². The maximum atomic E-state index is 13.4. The summed E-state index contributed by atoms with van der Waals surface area (Å²) in [5, 5.41) is 22.0. The summed E-state index contributed by atoms with van der Waals surface area (Å²) in [6.07, 6.45) is 0. The summed E-state index contributed by atoms with van der Waals surface area (Å²) in [6.45, 7) is 3.50. The second kappa shape index (κ2) is 8.73. The molecule has 1 aromatic carbocycles. The van der Waals surface area contributed by atoms with E-state index < -0.39 is 18.4 Å². The molecule has 6 nitrogen and oxygen atoms in total. The van der Waals surface area contributed by atoms with Gasteiger partial charge in [0, 0.05) is 17.7 Å². The Labute approximate surface area is 151 Å². The third-order valence-corrected chi connectivity index (χ3v) is 3.96. The van der Waals surface area contributed by atoms with Gasteiger partial charge in [0.25, 0.3) is 0 Å². The van der Waals surface area contributed by atoms with Crippen LogP contribution in [-0.2, 0) is 11.3 Å². The molecule has 26 heavy (non-hydrogen) atoms. The molecule has 0 saturated carbocycles. The maximum absolute atomic E-state index is 13.4. The van der Waals surface area contributed by atoms with Crippen molar-refractivity contribution in [1.29, 1.82) is 0 Å². The second-order valence-electron chi connectivity index (χ2n) is 6.04. The van der Waals surface area contributed by atoms with E-state index in [0.29, 0.717) is 28.2 Å². The zero-order valence-electron chi connectivity index (χ0n) is 15.0. The molecule has 1 aromatic heterocycles. The number of nitrogens with zero attached hydrogens (tertiary/aromatic N) is 1. The van der Waals surface area contributed by atoms with Gasteiger partial charge in [-0.15, -0.1) is 0 Å². The van der Waals surface area contributed by atoms with Crippen LogP contribution in [0.4, 0.5) is 10.2 Å². The van der Waals surface area contributed by atoms with E-state index in [1.165, 1.54) is 31.4 Å². The molecule has 0 bridgehead atoms. The molecule has 0 aliphatic rings. The minimum absolute atomic E-state index is 0.106. The molecule has 2 aromatic rings. The van der Waals surface area contributed by atoms with Crippen LogP contribution in [0.25, 0.3) is 11.1 Å². The normalized spacial score (nSPS) is 10.9. The first-order valence-corrected chi connectivity index (χ1v) is 8.31. The van der Waals surface area contributed by atoms with Crippen molar-refractivity contribution < 1.29 is 24.1 Å². The lowest BCUT2D eigenvalue weighted by Crippen LogP contribution is -2.18. The van der Waals surface area contributed by atoms with E-state index in [-0.39, 0.29) is 24.6 Å². The average molecular weight is 362 g/mol. The second-order valence-corrected chi connectivity index (χ2v) is 6.04. The number of aliphatic hydroxyl groups excluding tert-OH is 2. The van der Waals surface area contributed by atoms with Crippen LogP contribution < -0.4 is 5.32 Å². The van der Waals surface area contributed by atoms with Crippen molar-refractivity contribution in [3.05, 3.63) is 46.9 Å². The molecule has 0 atom stereocenters. The van der Waals surface area contributed by atoms with E-state index in [1.54, 1.807) is 0 Å². The first-order chi connectivity index (χ1) is 12.4. The fourth-order valence-corrected chi connectivity index (χ4v) is 2.78. The Hall–Kier alpha value is -2.51. The third kappa shape index (κ3) is 4.00. The van der Waals surface area contributed by atoms with Crippen LogP contribution in [0.3, 0.4) is 0 Å². The molecule has 0 aliphatic carbocycles. The van der Waals surface area contributed by atoms with Gasteiger partial charge in [0.15, 0.2) is 0 Å². The van der Waals surface area contributed by atoms with E-state index in [4.69, 9.17) is 9.84 Å². The number of hydrogen-bond donors (Lipinski definition) is 3. The minimum atomic E-state index is -0.580. The van der Waals surface area contributed by atoms with Crippen molar-refractivity contribution in [2.24, 2.45) is 0 Å². The van der Waals surface area contributed by atoms with E-state index >= 15 is 0 Å². The topological polar surface area (TPSA) is 91.7 Å². The molecule has 7 heteroatoms. The third-order valence-electron chi connectivity index (χ3n) is 3.96. The predicted molar refractivity (Wildman–Crippen MR) is 96.6 cm³/mol. The lowest BCUT2D eigenvalue weighted by atomic mass is 9.90. The van der Waals surface area contributed by atoms with Crippen LogP contribution in [0.5, 0.6) is 0 Å². The van der Waals surface area contributed by atoms with Gasteiger partial charge in [-0.25, -0.2) is 14.2 Å². The number of benzene rings is 1. The molecular formula is C19H23FN2O4. The van der Waals surface area contributed by atoms with E-state index in [2.05, 4.69) is 10.3 Å². The molecule has 0 amide bonds. The average Bonchev–Trinajstić information content (AvgIpc) is 2.64. The molecular weight excluding hydrogens is 339 g/mol. The highest BCUT2D eigenvalue weighted by atomic mass is 19.1. The number of methoxy groups -OCH3 is 1. The van der Waals surface area contributed by atoms with Crippen LogP contribution in [0, 0.1) is 5.82 Å². The van der Waals surface area contributed by atoms with Crippen molar-refractivity contribution in [3.8, 4) is 11.1 Å². The number of carbonyl (C=O) groups is 1. The van der Waals surface area contributed by atoms with Gasteiger partial charge in [-0.1, -0.05) is 26.0 Å². The number of rotatable bonds is 7. The summed E-state index contributed by atoms with van der Waals surface area (Å²) in [6, 6.07) is 5.65. The minimum Gasteiger partial charge on any atom is -0.465 e. The van der Waals surface area contributed by atoms with Gasteiger partial charge >= 0.3 is 5.97 Å². The fraction of sp³-hybridized carbons (Fsp3) is 0.368. The van der Waals surface area contributed by atoms with E-state index in [0.717, 1.165) is 0 Å². The molecule has 0 radical (unpaired) electrons. The van der Waals surface area contributed by atoms with Crippen molar-refractivity contribution in [3.63, 3.8) is 0 Å². The molecule has 0 unspecified atom stereocenters. The van der Waals surface area contributed by atoms with Crippen LogP contribution in [0.2, 0.25) is 0 Å². The van der Waals surface area contributed by atoms with Gasteiger partial charge in [0.2, 0.25) is 0 Å². The van der Waals surface area contributed by atoms with Gasteiger partial charge in [0.1, 0.15) is 11.6 Å². The molecule has 0 spiro atoms. The standard InChI is InChI=1S/C19H23FN2O4/c1-11(2)17-16(19(25)26-3)15(12-4-6-13(20)7-5-12)14(10-24)18(22-17)21-8-9-23/h4-7,11,23-24H,8-10H2,1-3H3,(H,21,22). The summed E-state index contributed by atoms with van der Waals surface area (Å²) >= 11 is 0. The van der Waals surface area contributed by atoms with Gasteiger partial charge < -0.3 is 20.3 Å². The fourth-order valence-electron chi connectivity index (χ4n) is 2.78.